The Labute approximate surface area is 224 Å². The molecule has 3 aromatic rings. The van der Waals surface area contributed by atoms with Gasteiger partial charge in [-0.1, -0.05) is 18.2 Å². The SMILES string of the molecule is C[C@H](NP(=O)(OC[C@H]1O[C@@](C)(c2ccc3c(N)ncnn23)[C@H](O)[C@@H]1O)Oc1ccccc1)C(=O)OC1CCC1. The molecule has 0 amide bonds. The van der Waals surface area contributed by atoms with E-state index in [1.54, 1.807) is 49.4 Å². The predicted octanol–water partition coefficient (Wildman–Crippen LogP) is 1.92. The van der Waals surface area contributed by atoms with Crippen molar-refractivity contribution in [3.8, 4) is 5.75 Å². The molecule has 3 heterocycles. The van der Waals surface area contributed by atoms with Gasteiger partial charge in [0.15, 0.2) is 5.82 Å². The zero-order valence-corrected chi connectivity index (χ0v) is 22.4. The molecular weight excluding hydrogens is 529 g/mol. The van der Waals surface area contributed by atoms with Crippen molar-refractivity contribution in [3.05, 3.63) is 54.5 Å². The molecule has 2 fully saturated rings. The number of fused-ring (bicyclic) bond motifs is 1. The number of nitrogen functional groups attached to an aromatic ring is 1. The summed E-state index contributed by atoms with van der Waals surface area (Å²) in [6.07, 6.45) is -0.211. The Morgan fingerprint density at radius 2 is 2.03 bits per heavy atom. The maximum atomic E-state index is 13.8. The van der Waals surface area contributed by atoms with Crippen LogP contribution >= 0.6 is 7.75 Å². The van der Waals surface area contributed by atoms with Crippen molar-refractivity contribution in [2.24, 2.45) is 0 Å². The van der Waals surface area contributed by atoms with Crippen LogP contribution in [0.4, 0.5) is 5.82 Å². The first-order chi connectivity index (χ1) is 18.6. The van der Waals surface area contributed by atoms with Gasteiger partial charge >= 0.3 is 13.7 Å². The number of benzene rings is 1. The number of nitrogens with one attached hydrogen (secondary N) is 1. The van der Waals surface area contributed by atoms with Gasteiger partial charge in [0, 0.05) is 0 Å². The van der Waals surface area contributed by atoms with Gasteiger partial charge in [0.05, 0.1) is 12.3 Å². The standard InChI is InChI=1S/C25H32N5O8P/c1-15(24(33)36-16-9-6-10-16)29-39(34,38-17-7-4-3-5-8-17)35-13-19-21(31)22(32)25(2,37-19)20-12-11-18-23(26)27-14-28-30(18)20/h3-5,7-8,11-12,14-16,19,21-22,31-32H,6,9-10,13H2,1-2H3,(H,29,34)(H2,26,27,28)/t15-,19+,21+,22+,25-,39?/m0/s1. The largest absolute Gasteiger partial charge is 0.461 e. The first-order valence-corrected chi connectivity index (χ1v) is 14.2. The normalized spacial score (nSPS) is 27.5. The molecule has 0 spiro atoms. The molecule has 0 radical (unpaired) electrons. The fraction of sp³-hybridized carbons (Fsp3) is 0.480. The number of aromatic nitrogens is 3. The van der Waals surface area contributed by atoms with Crippen LogP contribution in [-0.4, -0.2) is 67.8 Å². The van der Waals surface area contributed by atoms with Crippen molar-refractivity contribution < 1.29 is 38.1 Å². The molecule has 6 atom stereocenters. The van der Waals surface area contributed by atoms with Gasteiger partial charge in [0.25, 0.3) is 0 Å². The number of carbonyl (C=O) groups excluding carboxylic acids is 1. The van der Waals surface area contributed by atoms with E-state index in [2.05, 4.69) is 15.2 Å². The van der Waals surface area contributed by atoms with Gasteiger partial charge in [-0.25, -0.2) is 14.1 Å². The quantitative estimate of drug-likeness (QED) is 0.209. The van der Waals surface area contributed by atoms with Gasteiger partial charge < -0.3 is 29.9 Å². The van der Waals surface area contributed by atoms with Gasteiger partial charge in [-0.3, -0.25) is 9.32 Å². The van der Waals surface area contributed by atoms with Crippen LogP contribution in [-0.2, 0) is 29.0 Å². The van der Waals surface area contributed by atoms with Gasteiger partial charge in [0.2, 0.25) is 0 Å². The molecule has 5 rings (SSSR count). The number of esters is 1. The van der Waals surface area contributed by atoms with Crippen LogP contribution in [0.1, 0.15) is 38.8 Å². The molecular formula is C25H32N5O8P. The summed E-state index contributed by atoms with van der Waals surface area (Å²) in [5.41, 5.74) is 5.44. The molecule has 1 aliphatic carbocycles. The zero-order valence-electron chi connectivity index (χ0n) is 21.5. The third kappa shape index (κ3) is 5.51. The lowest BCUT2D eigenvalue weighted by molar-refractivity contribution is -0.154. The van der Waals surface area contributed by atoms with Crippen molar-refractivity contribution in [1.82, 2.24) is 19.7 Å². The first-order valence-electron chi connectivity index (χ1n) is 12.7. The molecule has 2 aromatic heterocycles. The fourth-order valence-electron chi connectivity index (χ4n) is 4.58. The molecule has 0 bridgehead atoms. The summed E-state index contributed by atoms with van der Waals surface area (Å²) in [6, 6.07) is 10.7. The third-order valence-electron chi connectivity index (χ3n) is 7.07. The minimum absolute atomic E-state index is 0.149. The summed E-state index contributed by atoms with van der Waals surface area (Å²) in [5, 5.41) is 28.7. The maximum absolute atomic E-state index is 13.8. The monoisotopic (exact) mass is 561 g/mol. The highest BCUT2D eigenvalue weighted by atomic mass is 31.2. The molecule has 1 saturated heterocycles. The number of hydrogen-bond acceptors (Lipinski definition) is 11. The number of aliphatic hydroxyl groups excluding tert-OH is 2. The topological polar surface area (TPSA) is 180 Å². The van der Waals surface area contributed by atoms with Crippen LogP contribution < -0.4 is 15.3 Å². The molecule has 1 unspecified atom stereocenters. The Morgan fingerprint density at radius 1 is 1.28 bits per heavy atom. The second-order valence-electron chi connectivity index (χ2n) is 9.90. The molecule has 210 valence electrons. The smallest absolute Gasteiger partial charge is 0.459 e. The highest BCUT2D eigenvalue weighted by Gasteiger charge is 2.54. The van der Waals surface area contributed by atoms with E-state index in [0.29, 0.717) is 11.2 Å². The van der Waals surface area contributed by atoms with Crippen LogP contribution in [0.15, 0.2) is 48.8 Å². The Balaban J connectivity index is 1.33. The van der Waals surface area contributed by atoms with E-state index < -0.39 is 50.3 Å². The van der Waals surface area contributed by atoms with Crippen LogP contribution in [0.2, 0.25) is 0 Å². The van der Waals surface area contributed by atoms with Crippen molar-refractivity contribution >= 4 is 25.1 Å². The fourth-order valence-corrected chi connectivity index (χ4v) is 6.08. The zero-order chi connectivity index (χ0) is 27.8. The average molecular weight is 562 g/mol. The summed E-state index contributed by atoms with van der Waals surface area (Å²) in [6.45, 7) is 2.66. The molecule has 1 saturated carbocycles. The molecule has 14 heteroatoms. The van der Waals surface area contributed by atoms with Crippen LogP contribution in [0, 0.1) is 0 Å². The second kappa shape index (κ2) is 10.8. The maximum Gasteiger partial charge on any atom is 0.459 e. The van der Waals surface area contributed by atoms with Crippen molar-refractivity contribution in [3.63, 3.8) is 0 Å². The molecule has 39 heavy (non-hydrogen) atoms. The van der Waals surface area contributed by atoms with E-state index in [1.807, 2.05) is 0 Å². The Kier molecular flexibility index (Phi) is 7.64. The van der Waals surface area contributed by atoms with Gasteiger partial charge in [-0.2, -0.15) is 10.2 Å². The van der Waals surface area contributed by atoms with E-state index in [1.165, 1.54) is 17.8 Å². The lowest BCUT2D eigenvalue weighted by atomic mass is 9.93. The minimum atomic E-state index is -4.20. The van der Waals surface area contributed by atoms with E-state index in [-0.39, 0.29) is 17.7 Å². The second-order valence-corrected chi connectivity index (χ2v) is 11.6. The number of carbonyl (C=O) groups is 1. The van der Waals surface area contributed by atoms with Crippen LogP contribution in [0.25, 0.3) is 5.52 Å². The summed E-state index contributed by atoms with van der Waals surface area (Å²) in [5.74, 6) is -0.105. The number of aliphatic hydroxyl groups is 2. The number of rotatable bonds is 10. The van der Waals surface area contributed by atoms with Crippen LogP contribution in [0.5, 0.6) is 5.75 Å². The summed E-state index contributed by atoms with van der Waals surface area (Å²) in [7, 11) is -4.20. The molecule has 1 aromatic carbocycles. The van der Waals surface area contributed by atoms with E-state index in [9.17, 15) is 19.6 Å². The summed E-state index contributed by atoms with van der Waals surface area (Å²) >= 11 is 0. The number of nitrogens with zero attached hydrogens (tertiary/aromatic N) is 3. The van der Waals surface area contributed by atoms with Gasteiger partial charge in [-0.05, 0) is 57.4 Å². The lowest BCUT2D eigenvalue weighted by Gasteiger charge is -2.29. The Morgan fingerprint density at radius 3 is 2.72 bits per heavy atom. The van der Waals surface area contributed by atoms with E-state index in [4.69, 9.17) is 24.3 Å². The van der Waals surface area contributed by atoms with E-state index in [0.717, 1.165) is 19.3 Å². The highest BCUT2D eigenvalue weighted by Crippen LogP contribution is 2.47. The van der Waals surface area contributed by atoms with Gasteiger partial charge in [0.1, 0.15) is 53.7 Å². The van der Waals surface area contributed by atoms with Crippen molar-refractivity contribution in [2.75, 3.05) is 12.3 Å². The first kappa shape index (κ1) is 27.5. The number of para-hydroxylation sites is 1. The molecule has 1 aliphatic heterocycles. The number of hydrogen-bond donors (Lipinski definition) is 4. The van der Waals surface area contributed by atoms with Gasteiger partial charge in [-0.15, -0.1) is 0 Å². The van der Waals surface area contributed by atoms with Crippen molar-refractivity contribution in [2.45, 2.75) is 69.2 Å². The van der Waals surface area contributed by atoms with Crippen LogP contribution in [0.3, 0.4) is 0 Å². The summed E-state index contributed by atoms with van der Waals surface area (Å²) < 4.78 is 38.1. The Hall–Kier alpha value is -3.06. The highest BCUT2D eigenvalue weighted by molar-refractivity contribution is 7.52. The average Bonchev–Trinajstić information content (AvgIpc) is 3.42. The molecule has 5 N–H and O–H groups in total. The Bertz CT molecular complexity index is 1370. The lowest BCUT2D eigenvalue weighted by Crippen LogP contribution is -2.40. The predicted molar refractivity (Wildman–Crippen MR) is 139 cm³/mol. The van der Waals surface area contributed by atoms with Crippen molar-refractivity contribution in [1.29, 1.82) is 0 Å². The van der Waals surface area contributed by atoms with E-state index >= 15 is 0 Å². The summed E-state index contributed by atoms with van der Waals surface area (Å²) in [4.78, 5) is 16.5. The molecule has 2 aliphatic rings. The third-order valence-corrected chi connectivity index (χ3v) is 8.72. The minimum Gasteiger partial charge on any atom is -0.461 e. The number of anilines is 1. The number of nitrogens with two attached hydrogens (primary N) is 1. The number of ether oxygens (including phenoxy) is 2. The molecule has 13 nitrogen and oxygen atoms in total.